The van der Waals surface area contributed by atoms with Crippen molar-refractivity contribution < 1.29 is 23.4 Å². The fourth-order valence-corrected chi connectivity index (χ4v) is 6.69. The van der Waals surface area contributed by atoms with Crippen molar-refractivity contribution in [2.24, 2.45) is 0 Å². The summed E-state index contributed by atoms with van der Waals surface area (Å²) in [5, 5.41) is 20.9. The summed E-state index contributed by atoms with van der Waals surface area (Å²) in [6, 6.07) is 10.4. The Morgan fingerprint density at radius 3 is 2.60 bits per heavy atom. The second kappa shape index (κ2) is 9.21. The Morgan fingerprint density at radius 2 is 1.90 bits per heavy atom. The first-order chi connectivity index (χ1) is 14.5. The zero-order chi connectivity index (χ0) is 21.1. The van der Waals surface area contributed by atoms with Gasteiger partial charge >= 0.3 is 0 Å². The first kappa shape index (κ1) is 21.5. The van der Waals surface area contributed by atoms with Gasteiger partial charge in [0.1, 0.15) is 9.96 Å². The van der Waals surface area contributed by atoms with Crippen LogP contribution in [-0.4, -0.2) is 92.5 Å². The molecule has 1 aromatic carbocycles. The topological polar surface area (TPSA) is 93.6 Å². The fraction of sp³-hybridized carbons (Fsp3) is 0.500. The van der Waals surface area contributed by atoms with E-state index in [1.54, 1.807) is 34.0 Å². The molecule has 0 unspecified atom stereocenters. The lowest BCUT2D eigenvalue weighted by molar-refractivity contribution is -0.0545. The number of aromatic hydroxyl groups is 1. The van der Waals surface area contributed by atoms with Crippen LogP contribution in [0.25, 0.3) is 0 Å². The van der Waals surface area contributed by atoms with Crippen LogP contribution in [0.5, 0.6) is 5.75 Å². The van der Waals surface area contributed by atoms with Gasteiger partial charge in [-0.25, -0.2) is 8.42 Å². The van der Waals surface area contributed by atoms with Gasteiger partial charge in [-0.05, 0) is 35.7 Å². The molecule has 0 saturated carbocycles. The average Bonchev–Trinajstić information content (AvgIpc) is 3.30. The number of rotatable bonds is 6. The van der Waals surface area contributed by atoms with Crippen LogP contribution >= 0.6 is 11.3 Å². The Bertz CT molecular complexity index is 920. The highest BCUT2D eigenvalue weighted by Gasteiger charge is 2.36. The predicted octanol–water partition coefficient (Wildman–Crippen LogP) is 1.03. The molecule has 2 saturated heterocycles. The number of hydrogen-bond donors (Lipinski definition) is 2. The number of sulfonamides is 1. The molecule has 1 aromatic heterocycles. The van der Waals surface area contributed by atoms with Gasteiger partial charge in [0.25, 0.3) is 10.0 Å². The van der Waals surface area contributed by atoms with E-state index in [1.807, 2.05) is 12.1 Å². The highest BCUT2D eigenvalue weighted by Crippen LogP contribution is 2.28. The summed E-state index contributed by atoms with van der Waals surface area (Å²) in [6.07, 6.45) is -0.213. The molecule has 164 valence electrons. The Hall–Kier alpha value is -1.69. The molecule has 0 spiro atoms. The van der Waals surface area contributed by atoms with Crippen molar-refractivity contribution >= 4 is 27.0 Å². The van der Waals surface area contributed by atoms with Gasteiger partial charge in [0.05, 0.1) is 25.4 Å². The molecule has 2 aliphatic heterocycles. The van der Waals surface area contributed by atoms with Gasteiger partial charge in [-0.1, -0.05) is 6.07 Å². The predicted molar refractivity (Wildman–Crippen MR) is 116 cm³/mol. The molecule has 0 bridgehead atoms. The van der Waals surface area contributed by atoms with Gasteiger partial charge < -0.3 is 19.8 Å². The Kier molecular flexibility index (Phi) is 6.61. The molecule has 0 aliphatic carbocycles. The van der Waals surface area contributed by atoms with Crippen LogP contribution in [-0.2, 0) is 14.8 Å². The van der Waals surface area contributed by atoms with Crippen molar-refractivity contribution in [2.45, 2.75) is 16.4 Å². The minimum atomic E-state index is -3.52. The number of nitrogens with zero attached hydrogens (tertiary/aromatic N) is 3. The highest BCUT2D eigenvalue weighted by atomic mass is 32.2. The van der Waals surface area contributed by atoms with Gasteiger partial charge in [0.2, 0.25) is 0 Å². The van der Waals surface area contributed by atoms with Gasteiger partial charge in [0.15, 0.2) is 0 Å². The average molecular weight is 454 g/mol. The molecule has 4 rings (SSSR count). The van der Waals surface area contributed by atoms with Crippen molar-refractivity contribution in [3.05, 3.63) is 41.8 Å². The van der Waals surface area contributed by atoms with E-state index in [-0.39, 0.29) is 24.5 Å². The molecule has 2 N–H and O–H groups in total. The number of thiophene rings is 1. The third-order valence-electron chi connectivity index (χ3n) is 5.61. The number of ether oxygens (including phenoxy) is 1. The number of phenolic OH excluding ortho intramolecular Hbond substituents is 1. The van der Waals surface area contributed by atoms with E-state index in [2.05, 4.69) is 9.80 Å². The third kappa shape index (κ3) is 4.63. The zero-order valence-electron chi connectivity index (χ0n) is 16.6. The first-order valence-electron chi connectivity index (χ1n) is 10.0. The van der Waals surface area contributed by atoms with Crippen molar-refractivity contribution in [3.63, 3.8) is 0 Å². The van der Waals surface area contributed by atoms with E-state index in [0.717, 1.165) is 12.2 Å². The van der Waals surface area contributed by atoms with Crippen LogP contribution in [0.4, 0.5) is 5.69 Å². The van der Waals surface area contributed by atoms with E-state index in [9.17, 15) is 18.6 Å². The summed E-state index contributed by atoms with van der Waals surface area (Å²) >= 11 is 1.24. The van der Waals surface area contributed by atoms with Gasteiger partial charge in [0, 0.05) is 45.0 Å². The number of benzene rings is 1. The lowest BCUT2D eigenvalue weighted by atomic mass is 10.1. The second-order valence-corrected chi connectivity index (χ2v) is 10.7. The van der Waals surface area contributed by atoms with Crippen LogP contribution in [0.1, 0.15) is 0 Å². The molecule has 0 amide bonds. The molecular weight excluding hydrogens is 426 g/mol. The van der Waals surface area contributed by atoms with Crippen LogP contribution in [0, 0.1) is 0 Å². The number of aliphatic hydroxyl groups excluding tert-OH is 1. The standard InChI is InChI=1S/C20H27N3O5S2/c24-15-19-14-21(9-10-28-19)12-17-13-22(30(26,27)20-2-1-11-29-20)7-8-23(17)16-3-5-18(25)6-4-16/h1-6,11,17,19,24-25H,7-10,12-15H2/t17-,19-/m1/s1. The number of hydrogen-bond acceptors (Lipinski definition) is 8. The number of piperazine rings is 1. The maximum Gasteiger partial charge on any atom is 0.252 e. The Balaban J connectivity index is 1.56. The first-order valence-corrected chi connectivity index (χ1v) is 12.3. The molecule has 2 fully saturated rings. The summed E-state index contributed by atoms with van der Waals surface area (Å²) in [5.74, 6) is 0.202. The van der Waals surface area contributed by atoms with Gasteiger partial charge in [-0.2, -0.15) is 4.31 Å². The summed E-state index contributed by atoms with van der Waals surface area (Å²) in [7, 11) is -3.52. The van der Waals surface area contributed by atoms with Gasteiger partial charge in [-0.3, -0.25) is 4.90 Å². The maximum absolute atomic E-state index is 13.1. The molecule has 2 aromatic rings. The van der Waals surface area contributed by atoms with Crippen LogP contribution < -0.4 is 4.90 Å². The summed E-state index contributed by atoms with van der Waals surface area (Å²) < 4.78 is 33.7. The zero-order valence-corrected chi connectivity index (χ0v) is 18.3. The lowest BCUT2D eigenvalue weighted by Crippen LogP contribution is -2.59. The summed E-state index contributed by atoms with van der Waals surface area (Å²) in [6.45, 7) is 3.89. The lowest BCUT2D eigenvalue weighted by Gasteiger charge is -2.45. The third-order valence-corrected chi connectivity index (χ3v) is 8.85. The molecule has 2 atom stereocenters. The SMILES string of the molecule is O=S(=O)(c1cccs1)N1CCN(c2ccc(O)cc2)[C@H](CN2CCO[C@@H](CO)C2)C1. The molecule has 0 radical (unpaired) electrons. The largest absolute Gasteiger partial charge is 0.508 e. The van der Waals surface area contributed by atoms with Crippen molar-refractivity contribution in [1.29, 1.82) is 0 Å². The van der Waals surface area contributed by atoms with E-state index >= 15 is 0 Å². The van der Waals surface area contributed by atoms with E-state index in [1.165, 1.54) is 11.3 Å². The number of anilines is 1. The molecule has 2 aliphatic rings. The number of aliphatic hydroxyl groups is 1. The second-order valence-electron chi connectivity index (χ2n) is 7.59. The molecule has 30 heavy (non-hydrogen) atoms. The summed E-state index contributed by atoms with van der Waals surface area (Å²) in [4.78, 5) is 4.44. The molecule has 8 nitrogen and oxygen atoms in total. The fourth-order valence-electron chi connectivity index (χ4n) is 4.08. The minimum absolute atomic E-state index is 0.0261. The van der Waals surface area contributed by atoms with Crippen molar-refractivity contribution in [3.8, 4) is 5.75 Å². The minimum Gasteiger partial charge on any atom is -0.508 e. The van der Waals surface area contributed by atoms with Gasteiger partial charge in [-0.15, -0.1) is 11.3 Å². The van der Waals surface area contributed by atoms with Crippen LogP contribution in [0.2, 0.25) is 0 Å². The van der Waals surface area contributed by atoms with Crippen molar-refractivity contribution in [2.75, 3.05) is 57.4 Å². The smallest absolute Gasteiger partial charge is 0.252 e. The van der Waals surface area contributed by atoms with E-state index in [0.29, 0.717) is 43.5 Å². The van der Waals surface area contributed by atoms with Crippen molar-refractivity contribution in [1.82, 2.24) is 9.21 Å². The maximum atomic E-state index is 13.1. The Labute approximate surface area is 181 Å². The number of phenols is 1. The van der Waals surface area contributed by atoms with Crippen LogP contribution in [0.3, 0.4) is 0 Å². The molecule has 10 heteroatoms. The monoisotopic (exact) mass is 453 g/mol. The quantitative estimate of drug-likeness (QED) is 0.675. The highest BCUT2D eigenvalue weighted by molar-refractivity contribution is 7.91. The Morgan fingerprint density at radius 1 is 1.10 bits per heavy atom. The number of morpholine rings is 1. The van der Waals surface area contributed by atoms with E-state index < -0.39 is 10.0 Å². The summed E-state index contributed by atoms with van der Waals surface area (Å²) in [5.41, 5.74) is 0.956. The molecule has 3 heterocycles. The van der Waals surface area contributed by atoms with Crippen LogP contribution in [0.15, 0.2) is 46.0 Å². The normalized spacial score (nSPS) is 24.2. The molecular formula is C20H27N3O5S2. The van der Waals surface area contributed by atoms with E-state index in [4.69, 9.17) is 4.74 Å².